The molecule has 0 radical (unpaired) electrons. The molecule has 4 heteroatoms. The first-order valence-electron chi connectivity index (χ1n) is 4.74. The lowest BCUT2D eigenvalue weighted by Crippen LogP contribution is -1.97. The number of ether oxygens (including phenoxy) is 1. The van der Waals surface area contributed by atoms with Gasteiger partial charge >= 0.3 is 0 Å². The standard InChI is InChI=1S/C12H9BrClNO/c13-9-4-6-11(7-5-9)16-8-10-2-1-3-12(14)15-10/h1-7H,8H2. The highest BCUT2D eigenvalue weighted by molar-refractivity contribution is 9.10. The largest absolute Gasteiger partial charge is 0.487 e. The first kappa shape index (κ1) is 11.4. The van der Waals surface area contributed by atoms with E-state index in [1.807, 2.05) is 36.4 Å². The molecule has 82 valence electrons. The molecule has 0 amide bonds. The van der Waals surface area contributed by atoms with Crippen LogP contribution in [0.5, 0.6) is 5.75 Å². The van der Waals surface area contributed by atoms with E-state index >= 15 is 0 Å². The Labute approximate surface area is 107 Å². The number of aromatic nitrogens is 1. The molecular weight excluding hydrogens is 289 g/mol. The number of pyridine rings is 1. The number of rotatable bonds is 3. The van der Waals surface area contributed by atoms with E-state index < -0.39 is 0 Å². The third-order valence-corrected chi connectivity index (χ3v) is 2.71. The molecular formula is C12H9BrClNO. The normalized spacial score (nSPS) is 10.1. The molecule has 2 nitrogen and oxygen atoms in total. The number of hydrogen-bond donors (Lipinski definition) is 0. The summed E-state index contributed by atoms with van der Waals surface area (Å²) >= 11 is 9.14. The summed E-state index contributed by atoms with van der Waals surface area (Å²) in [5, 5.41) is 0.483. The molecule has 1 aromatic heterocycles. The fourth-order valence-electron chi connectivity index (χ4n) is 1.22. The van der Waals surface area contributed by atoms with Crippen LogP contribution >= 0.6 is 27.5 Å². The fourth-order valence-corrected chi connectivity index (χ4v) is 1.66. The van der Waals surface area contributed by atoms with E-state index in [-0.39, 0.29) is 0 Å². The molecule has 0 bridgehead atoms. The second kappa shape index (κ2) is 5.32. The molecule has 2 rings (SSSR count). The van der Waals surface area contributed by atoms with Crippen LogP contribution in [0.1, 0.15) is 5.69 Å². The molecule has 0 N–H and O–H groups in total. The highest BCUT2D eigenvalue weighted by Crippen LogP contribution is 2.17. The molecule has 2 aromatic rings. The molecule has 0 aliphatic carbocycles. The maximum absolute atomic E-state index is 5.77. The second-order valence-electron chi connectivity index (χ2n) is 3.19. The zero-order valence-corrected chi connectivity index (χ0v) is 10.7. The van der Waals surface area contributed by atoms with Crippen LogP contribution in [0.3, 0.4) is 0 Å². The molecule has 1 aromatic carbocycles. The third kappa shape index (κ3) is 3.22. The van der Waals surface area contributed by atoms with Gasteiger partial charge in [-0.15, -0.1) is 0 Å². The Morgan fingerprint density at radius 2 is 1.88 bits per heavy atom. The molecule has 0 fully saturated rings. The Balaban J connectivity index is 1.99. The van der Waals surface area contributed by atoms with Crippen LogP contribution < -0.4 is 4.74 Å². The maximum atomic E-state index is 5.77. The lowest BCUT2D eigenvalue weighted by atomic mass is 10.3. The Morgan fingerprint density at radius 3 is 2.56 bits per heavy atom. The highest BCUT2D eigenvalue weighted by Gasteiger charge is 1.98. The molecule has 16 heavy (non-hydrogen) atoms. The van der Waals surface area contributed by atoms with Gasteiger partial charge in [0.2, 0.25) is 0 Å². The quantitative estimate of drug-likeness (QED) is 0.797. The Kier molecular flexibility index (Phi) is 3.80. The summed E-state index contributed by atoms with van der Waals surface area (Å²) in [5.41, 5.74) is 0.815. The summed E-state index contributed by atoms with van der Waals surface area (Å²) in [6, 6.07) is 13.1. The van der Waals surface area contributed by atoms with Crippen LogP contribution in [0.25, 0.3) is 0 Å². The molecule has 0 aliphatic rings. The minimum Gasteiger partial charge on any atom is -0.487 e. The average molecular weight is 299 g/mol. The minimum atomic E-state index is 0.419. The summed E-state index contributed by atoms with van der Waals surface area (Å²) in [6.45, 7) is 0.419. The van der Waals surface area contributed by atoms with Crippen molar-refractivity contribution in [2.45, 2.75) is 6.61 Å². The van der Waals surface area contributed by atoms with Gasteiger partial charge in [0.1, 0.15) is 17.5 Å². The number of nitrogens with zero attached hydrogens (tertiary/aromatic N) is 1. The number of halogens is 2. The van der Waals surface area contributed by atoms with Crippen LogP contribution in [0.4, 0.5) is 0 Å². The zero-order valence-electron chi connectivity index (χ0n) is 8.36. The van der Waals surface area contributed by atoms with Gasteiger partial charge in [-0.05, 0) is 36.4 Å². The topological polar surface area (TPSA) is 22.1 Å². The van der Waals surface area contributed by atoms with E-state index in [9.17, 15) is 0 Å². The van der Waals surface area contributed by atoms with Crippen LogP contribution in [-0.4, -0.2) is 4.98 Å². The summed E-state index contributed by atoms with van der Waals surface area (Å²) in [5.74, 6) is 0.810. The van der Waals surface area contributed by atoms with Gasteiger partial charge in [-0.2, -0.15) is 0 Å². The van der Waals surface area contributed by atoms with Crippen molar-refractivity contribution in [3.05, 3.63) is 57.8 Å². The summed E-state index contributed by atoms with van der Waals surface area (Å²) < 4.78 is 6.59. The van der Waals surface area contributed by atoms with Crippen molar-refractivity contribution in [1.29, 1.82) is 0 Å². The van der Waals surface area contributed by atoms with Crippen molar-refractivity contribution < 1.29 is 4.74 Å². The van der Waals surface area contributed by atoms with Crippen LogP contribution in [-0.2, 0) is 6.61 Å². The van der Waals surface area contributed by atoms with Gasteiger partial charge in [-0.3, -0.25) is 0 Å². The first-order valence-corrected chi connectivity index (χ1v) is 5.91. The van der Waals surface area contributed by atoms with Crippen molar-refractivity contribution >= 4 is 27.5 Å². The van der Waals surface area contributed by atoms with Gasteiger partial charge < -0.3 is 4.74 Å². The first-order chi connectivity index (χ1) is 7.74. The predicted octanol–water partition coefficient (Wildman–Crippen LogP) is 4.08. The Bertz CT molecular complexity index is 473. The Hall–Kier alpha value is -1.06. The van der Waals surface area contributed by atoms with Crippen LogP contribution in [0.2, 0.25) is 5.15 Å². The van der Waals surface area contributed by atoms with Gasteiger partial charge in [0.25, 0.3) is 0 Å². The second-order valence-corrected chi connectivity index (χ2v) is 4.50. The molecule has 0 aliphatic heterocycles. The SMILES string of the molecule is Clc1cccc(COc2ccc(Br)cc2)n1. The maximum Gasteiger partial charge on any atom is 0.130 e. The van der Waals surface area contributed by atoms with Gasteiger partial charge in [0.05, 0.1) is 5.69 Å². The van der Waals surface area contributed by atoms with E-state index in [4.69, 9.17) is 16.3 Å². The van der Waals surface area contributed by atoms with Gasteiger partial charge in [-0.1, -0.05) is 33.6 Å². The minimum absolute atomic E-state index is 0.419. The molecule has 1 heterocycles. The van der Waals surface area contributed by atoms with Gasteiger partial charge in [-0.25, -0.2) is 4.98 Å². The zero-order chi connectivity index (χ0) is 11.4. The summed E-state index contributed by atoms with van der Waals surface area (Å²) in [7, 11) is 0. The van der Waals surface area contributed by atoms with E-state index in [0.29, 0.717) is 11.8 Å². The number of benzene rings is 1. The van der Waals surface area contributed by atoms with Crippen molar-refractivity contribution in [2.75, 3.05) is 0 Å². The highest BCUT2D eigenvalue weighted by atomic mass is 79.9. The lowest BCUT2D eigenvalue weighted by Gasteiger charge is -2.05. The van der Waals surface area contributed by atoms with Crippen LogP contribution in [0.15, 0.2) is 46.9 Å². The predicted molar refractivity (Wildman–Crippen MR) is 67.7 cm³/mol. The van der Waals surface area contributed by atoms with Crippen LogP contribution in [0, 0.1) is 0 Å². The van der Waals surface area contributed by atoms with Crippen molar-refractivity contribution in [3.63, 3.8) is 0 Å². The molecule has 0 saturated carbocycles. The molecule has 0 unspecified atom stereocenters. The van der Waals surface area contributed by atoms with Gasteiger partial charge in [0.15, 0.2) is 0 Å². The molecule has 0 saturated heterocycles. The van der Waals surface area contributed by atoms with Crippen molar-refractivity contribution in [3.8, 4) is 5.75 Å². The third-order valence-electron chi connectivity index (χ3n) is 1.97. The van der Waals surface area contributed by atoms with E-state index in [1.165, 1.54) is 0 Å². The summed E-state index contributed by atoms with van der Waals surface area (Å²) in [4.78, 5) is 4.14. The Morgan fingerprint density at radius 1 is 1.12 bits per heavy atom. The summed E-state index contributed by atoms with van der Waals surface area (Å²) in [6.07, 6.45) is 0. The van der Waals surface area contributed by atoms with E-state index in [2.05, 4.69) is 20.9 Å². The fraction of sp³-hybridized carbons (Fsp3) is 0.0833. The lowest BCUT2D eigenvalue weighted by molar-refractivity contribution is 0.301. The monoisotopic (exact) mass is 297 g/mol. The average Bonchev–Trinajstić information content (AvgIpc) is 2.28. The van der Waals surface area contributed by atoms with Crippen molar-refractivity contribution in [1.82, 2.24) is 4.98 Å². The van der Waals surface area contributed by atoms with Crippen molar-refractivity contribution in [2.24, 2.45) is 0 Å². The van der Waals surface area contributed by atoms with E-state index in [0.717, 1.165) is 15.9 Å². The van der Waals surface area contributed by atoms with E-state index in [1.54, 1.807) is 6.07 Å². The molecule has 0 atom stereocenters. The smallest absolute Gasteiger partial charge is 0.130 e. The van der Waals surface area contributed by atoms with Gasteiger partial charge in [0, 0.05) is 4.47 Å². The molecule has 0 spiro atoms. The number of hydrogen-bond acceptors (Lipinski definition) is 2.